The first-order valence-corrected chi connectivity index (χ1v) is 9.36. The summed E-state index contributed by atoms with van der Waals surface area (Å²) in [6, 6.07) is 11.8. The van der Waals surface area contributed by atoms with Crippen LogP contribution in [0.3, 0.4) is 0 Å². The lowest BCUT2D eigenvalue weighted by Crippen LogP contribution is -2.04. The Bertz CT molecular complexity index is 1250. The van der Waals surface area contributed by atoms with Gasteiger partial charge in [0.05, 0.1) is 34.7 Å². The number of benzene rings is 2. The van der Waals surface area contributed by atoms with Crippen LogP contribution in [0.5, 0.6) is 5.75 Å². The first kappa shape index (κ1) is 16.8. The second-order valence-electron chi connectivity index (χ2n) is 6.94. The monoisotopic (exact) mass is 389 g/mol. The second-order valence-corrected chi connectivity index (χ2v) is 7.34. The Morgan fingerprint density at radius 3 is 2.89 bits per heavy atom. The molecule has 0 aliphatic heterocycles. The number of nitrogens with zero attached hydrogens (tertiary/aromatic N) is 5. The van der Waals surface area contributed by atoms with E-state index in [-0.39, 0.29) is 6.10 Å². The van der Waals surface area contributed by atoms with Gasteiger partial charge in [0, 0.05) is 18.5 Å². The smallest absolute Gasteiger partial charge is 0.124 e. The average molecular weight is 390 g/mol. The van der Waals surface area contributed by atoms with E-state index in [2.05, 4.69) is 16.3 Å². The molecule has 5 rings (SSSR count). The molecule has 0 radical (unpaired) electrons. The van der Waals surface area contributed by atoms with Crippen molar-refractivity contribution >= 4 is 22.5 Å². The molecule has 6 nitrogen and oxygen atoms in total. The van der Waals surface area contributed by atoms with Gasteiger partial charge in [0.15, 0.2) is 0 Å². The van der Waals surface area contributed by atoms with Crippen LogP contribution in [-0.2, 0) is 13.5 Å². The molecule has 2 aromatic carbocycles. The molecule has 2 heterocycles. The van der Waals surface area contributed by atoms with Crippen LogP contribution >= 0.6 is 11.6 Å². The molecule has 1 aliphatic carbocycles. The van der Waals surface area contributed by atoms with Crippen LogP contribution in [0.4, 0.5) is 0 Å². The molecule has 0 N–H and O–H groups in total. The number of hydrogen-bond acceptors (Lipinski definition) is 4. The molecular formula is C21H16ClN5O. The Morgan fingerprint density at radius 1 is 1.21 bits per heavy atom. The fourth-order valence-corrected chi connectivity index (χ4v) is 3.97. The summed E-state index contributed by atoms with van der Waals surface area (Å²) in [4.78, 5) is 0. The quantitative estimate of drug-likeness (QED) is 0.522. The van der Waals surface area contributed by atoms with Gasteiger partial charge in [0.2, 0.25) is 0 Å². The number of rotatable bonds is 3. The Hall–Kier alpha value is -3.30. The summed E-state index contributed by atoms with van der Waals surface area (Å²) in [6.45, 7) is 0. The highest BCUT2D eigenvalue weighted by Crippen LogP contribution is 2.38. The lowest BCUT2D eigenvalue weighted by atomic mass is 10.1. The number of aromatic nitrogens is 4. The number of fused-ring (bicyclic) bond motifs is 2. The minimum Gasteiger partial charge on any atom is -0.486 e. The molecule has 28 heavy (non-hydrogen) atoms. The number of aryl methyl sites for hydroxylation is 2. The molecule has 0 saturated carbocycles. The van der Waals surface area contributed by atoms with E-state index < -0.39 is 0 Å². The summed E-state index contributed by atoms with van der Waals surface area (Å²) < 4.78 is 9.90. The summed E-state index contributed by atoms with van der Waals surface area (Å²) in [7, 11) is 1.88. The van der Waals surface area contributed by atoms with E-state index in [1.165, 1.54) is 0 Å². The minimum absolute atomic E-state index is 0.0764. The maximum Gasteiger partial charge on any atom is 0.124 e. The Labute approximate surface area is 166 Å². The van der Waals surface area contributed by atoms with E-state index in [0.29, 0.717) is 10.6 Å². The lowest BCUT2D eigenvalue weighted by molar-refractivity contribution is 0.208. The Kier molecular flexibility index (Phi) is 3.85. The van der Waals surface area contributed by atoms with E-state index in [1.54, 1.807) is 10.9 Å². The molecule has 4 aromatic rings. The third-order valence-electron chi connectivity index (χ3n) is 5.13. The fraction of sp³-hybridized carbons (Fsp3) is 0.190. The highest BCUT2D eigenvalue weighted by Gasteiger charge is 2.26. The molecular weight excluding hydrogens is 374 g/mol. The van der Waals surface area contributed by atoms with Gasteiger partial charge in [-0.2, -0.15) is 15.5 Å². The Balaban J connectivity index is 1.49. The maximum absolute atomic E-state index is 9.17. The zero-order chi connectivity index (χ0) is 19.3. The maximum atomic E-state index is 9.17. The van der Waals surface area contributed by atoms with Gasteiger partial charge in [0.25, 0.3) is 0 Å². The number of halogens is 1. The van der Waals surface area contributed by atoms with Gasteiger partial charge in [-0.1, -0.05) is 11.6 Å². The molecule has 1 aliphatic rings. The number of nitriles is 1. The van der Waals surface area contributed by atoms with Crippen LogP contribution in [-0.4, -0.2) is 19.6 Å². The summed E-state index contributed by atoms with van der Waals surface area (Å²) in [6.07, 6.45) is 7.19. The molecule has 1 unspecified atom stereocenters. The van der Waals surface area contributed by atoms with Crippen molar-refractivity contribution in [1.29, 1.82) is 5.26 Å². The highest BCUT2D eigenvalue weighted by atomic mass is 35.5. The number of ether oxygens (including phenoxy) is 1. The van der Waals surface area contributed by atoms with Gasteiger partial charge in [-0.25, -0.2) is 4.68 Å². The Morgan fingerprint density at radius 2 is 2.11 bits per heavy atom. The highest BCUT2D eigenvalue weighted by molar-refractivity contribution is 6.31. The van der Waals surface area contributed by atoms with Crippen LogP contribution in [0.2, 0.25) is 5.02 Å². The molecule has 0 spiro atoms. The molecule has 2 aromatic heterocycles. The molecule has 1 atom stereocenters. The van der Waals surface area contributed by atoms with Gasteiger partial charge >= 0.3 is 0 Å². The third-order valence-corrected chi connectivity index (χ3v) is 5.44. The average Bonchev–Trinajstić information content (AvgIpc) is 3.40. The van der Waals surface area contributed by atoms with Crippen molar-refractivity contribution in [2.24, 2.45) is 7.05 Å². The molecule has 0 bridgehead atoms. The van der Waals surface area contributed by atoms with Crippen LogP contribution in [0, 0.1) is 11.3 Å². The van der Waals surface area contributed by atoms with E-state index in [4.69, 9.17) is 16.3 Å². The summed E-state index contributed by atoms with van der Waals surface area (Å²) in [5, 5.41) is 19.4. The van der Waals surface area contributed by atoms with Crippen molar-refractivity contribution < 1.29 is 4.74 Å². The summed E-state index contributed by atoms with van der Waals surface area (Å²) >= 11 is 6.23. The summed E-state index contributed by atoms with van der Waals surface area (Å²) in [5.74, 6) is 0.775. The number of hydrogen-bond donors (Lipinski definition) is 0. The van der Waals surface area contributed by atoms with Gasteiger partial charge in [-0.15, -0.1) is 0 Å². The fourth-order valence-electron chi connectivity index (χ4n) is 3.76. The second kappa shape index (κ2) is 6.39. The molecule has 0 amide bonds. The predicted molar refractivity (Wildman–Crippen MR) is 106 cm³/mol. The van der Waals surface area contributed by atoms with E-state index in [0.717, 1.165) is 46.3 Å². The first-order chi connectivity index (χ1) is 13.6. The van der Waals surface area contributed by atoms with Crippen molar-refractivity contribution in [1.82, 2.24) is 19.6 Å². The van der Waals surface area contributed by atoms with Crippen molar-refractivity contribution in [3.05, 3.63) is 70.6 Å². The SMILES string of the molecule is Cn1cc(-n2ncc3ccc(OC4CCc5cc(C#N)c(Cl)cc54)cc32)cn1. The predicted octanol–water partition coefficient (Wildman–Crippen LogP) is 4.35. The van der Waals surface area contributed by atoms with E-state index >= 15 is 0 Å². The van der Waals surface area contributed by atoms with Crippen molar-refractivity contribution in [3.63, 3.8) is 0 Å². The van der Waals surface area contributed by atoms with E-state index in [9.17, 15) is 5.26 Å². The zero-order valence-corrected chi connectivity index (χ0v) is 15.9. The van der Waals surface area contributed by atoms with Crippen LogP contribution in [0.25, 0.3) is 16.6 Å². The van der Waals surface area contributed by atoms with Gasteiger partial charge in [0.1, 0.15) is 23.6 Å². The van der Waals surface area contributed by atoms with Crippen molar-refractivity contribution in [3.8, 4) is 17.5 Å². The molecule has 138 valence electrons. The normalized spacial score (nSPS) is 15.5. The lowest BCUT2D eigenvalue weighted by Gasteiger charge is -2.16. The van der Waals surface area contributed by atoms with Crippen LogP contribution in [0.15, 0.2) is 48.9 Å². The van der Waals surface area contributed by atoms with E-state index in [1.807, 2.05) is 54.5 Å². The van der Waals surface area contributed by atoms with Crippen LogP contribution in [0.1, 0.15) is 29.2 Å². The zero-order valence-electron chi connectivity index (χ0n) is 15.1. The van der Waals surface area contributed by atoms with Gasteiger partial charge in [-0.3, -0.25) is 4.68 Å². The van der Waals surface area contributed by atoms with Crippen molar-refractivity contribution in [2.75, 3.05) is 0 Å². The molecule has 7 heteroatoms. The van der Waals surface area contributed by atoms with Gasteiger partial charge in [-0.05, 0) is 48.2 Å². The summed E-state index contributed by atoms with van der Waals surface area (Å²) in [5.41, 5.74) is 4.57. The molecule has 0 saturated heterocycles. The third kappa shape index (κ3) is 2.72. The first-order valence-electron chi connectivity index (χ1n) is 8.98. The molecule has 0 fully saturated rings. The largest absolute Gasteiger partial charge is 0.486 e. The van der Waals surface area contributed by atoms with Crippen LogP contribution < -0.4 is 4.74 Å². The topological polar surface area (TPSA) is 68.7 Å². The van der Waals surface area contributed by atoms with Gasteiger partial charge < -0.3 is 4.74 Å². The minimum atomic E-state index is -0.0764. The standard InChI is InChI=1S/C21H16ClN5O/c1-26-12-16(11-24-26)27-20-7-17(4-2-14(20)10-25-27)28-21-5-3-13-6-15(9-23)19(22)8-18(13)21/h2,4,6-8,10-12,21H,3,5H2,1H3. The van der Waals surface area contributed by atoms with Crippen molar-refractivity contribution in [2.45, 2.75) is 18.9 Å².